The second kappa shape index (κ2) is 8.36. The van der Waals surface area contributed by atoms with Crippen LogP contribution < -0.4 is 0 Å². The molecule has 1 aliphatic carbocycles. The van der Waals surface area contributed by atoms with Crippen molar-refractivity contribution in [3.8, 4) is 0 Å². The molecule has 1 aliphatic rings. The molecule has 1 aromatic rings. The first-order valence-electron chi connectivity index (χ1n) is 6.90. The second-order valence-electron chi connectivity index (χ2n) is 5.78. The molecule has 0 aliphatic heterocycles. The molecule has 0 heterocycles. The normalized spacial score (nSPS) is 24.1. The van der Waals surface area contributed by atoms with Gasteiger partial charge in [0.05, 0.1) is 13.2 Å². The van der Waals surface area contributed by atoms with Crippen LogP contribution in [0.5, 0.6) is 0 Å². The van der Waals surface area contributed by atoms with Crippen molar-refractivity contribution in [3.05, 3.63) is 49.2 Å². The average molecular weight is 352 g/mol. The molecule has 20 heavy (non-hydrogen) atoms. The van der Waals surface area contributed by atoms with Crippen LogP contribution in [0.4, 0.5) is 0 Å². The summed E-state index contributed by atoms with van der Waals surface area (Å²) in [6.07, 6.45) is 4.52. The molecule has 2 rings (SSSR count). The van der Waals surface area contributed by atoms with E-state index >= 15 is 0 Å². The van der Waals surface area contributed by atoms with Gasteiger partial charge in [-0.15, -0.1) is 12.1 Å². The summed E-state index contributed by atoms with van der Waals surface area (Å²) in [5.41, 5.74) is 1.41. The Hall–Kier alpha value is -0.107. The number of ether oxygens (including phenoxy) is 2. The molecule has 1 fully saturated rings. The maximum absolute atomic E-state index is 5.41. The summed E-state index contributed by atoms with van der Waals surface area (Å²) in [7, 11) is 3.54. The van der Waals surface area contributed by atoms with E-state index in [1.807, 2.05) is 6.07 Å². The third-order valence-electron chi connectivity index (χ3n) is 4.08. The van der Waals surface area contributed by atoms with Gasteiger partial charge >= 0.3 is 26.2 Å². The Morgan fingerprint density at radius 1 is 1.15 bits per heavy atom. The van der Waals surface area contributed by atoms with Crippen LogP contribution in [0.15, 0.2) is 30.3 Å². The van der Waals surface area contributed by atoms with Crippen LogP contribution in [-0.2, 0) is 35.7 Å². The molecule has 0 bridgehead atoms. The fourth-order valence-electron chi connectivity index (χ4n) is 3.35. The van der Waals surface area contributed by atoms with Crippen molar-refractivity contribution in [1.29, 1.82) is 0 Å². The summed E-state index contributed by atoms with van der Waals surface area (Å²) in [4.78, 5) is 0. The Balaban J connectivity index is 0.00000200. The van der Waals surface area contributed by atoms with Crippen LogP contribution >= 0.6 is 0 Å². The van der Waals surface area contributed by atoms with E-state index in [0.29, 0.717) is 11.8 Å². The Labute approximate surface area is 142 Å². The van der Waals surface area contributed by atoms with Crippen molar-refractivity contribution in [2.75, 3.05) is 27.4 Å². The molecule has 0 radical (unpaired) electrons. The Kier molecular flexibility index (Phi) is 7.50. The van der Waals surface area contributed by atoms with E-state index in [9.17, 15) is 0 Å². The maximum atomic E-state index is 5.41. The molecule has 0 N–H and O–H groups in total. The van der Waals surface area contributed by atoms with Crippen molar-refractivity contribution >= 4 is 0 Å². The van der Waals surface area contributed by atoms with Crippen molar-refractivity contribution in [3.63, 3.8) is 0 Å². The molecule has 1 aromatic carbocycles. The average Bonchev–Trinajstić information content (AvgIpc) is 2.68. The fraction of sp³-hybridized carbons (Fsp3) is 0.529. The molecule has 108 valence electrons. The second-order valence-corrected chi connectivity index (χ2v) is 5.78. The molecular weight excluding hydrogens is 327 g/mol. The number of hydrogen-bond donors (Lipinski definition) is 0. The minimum Gasteiger partial charge on any atom is -0.384 e. The smallest absolute Gasteiger partial charge is 0.384 e. The van der Waals surface area contributed by atoms with Gasteiger partial charge in [0.25, 0.3) is 0 Å². The topological polar surface area (TPSA) is 18.5 Å². The van der Waals surface area contributed by atoms with E-state index in [0.717, 1.165) is 26.1 Å². The molecule has 0 aromatic heterocycles. The monoisotopic (exact) mass is 350 g/mol. The summed E-state index contributed by atoms with van der Waals surface area (Å²) >= 11 is 0. The van der Waals surface area contributed by atoms with Crippen molar-refractivity contribution in [1.82, 2.24) is 0 Å². The first-order chi connectivity index (χ1) is 9.19. The number of rotatable bonds is 6. The zero-order chi connectivity index (χ0) is 13.7. The summed E-state index contributed by atoms with van der Waals surface area (Å²) in [5.74, 6) is 0.943. The fourth-order valence-corrected chi connectivity index (χ4v) is 3.35. The van der Waals surface area contributed by atoms with E-state index in [1.165, 1.54) is 5.56 Å². The van der Waals surface area contributed by atoms with Gasteiger partial charge in [-0.3, -0.25) is 0 Å². The Morgan fingerprint density at radius 3 is 2.30 bits per heavy atom. The van der Waals surface area contributed by atoms with Crippen molar-refractivity contribution in [2.45, 2.75) is 12.8 Å². The Bertz CT molecular complexity index is 374. The third-order valence-corrected chi connectivity index (χ3v) is 4.08. The minimum absolute atomic E-state index is 0. The molecule has 0 spiro atoms. The van der Waals surface area contributed by atoms with E-state index in [1.54, 1.807) is 14.2 Å². The molecule has 0 unspecified atom stereocenters. The first kappa shape index (κ1) is 17.9. The first-order valence-corrected chi connectivity index (χ1v) is 6.90. The summed E-state index contributed by atoms with van der Waals surface area (Å²) in [6, 6.07) is 10.5. The molecule has 0 saturated heterocycles. The molecule has 0 amide bonds. The largest absolute Gasteiger partial charge is 2.00 e. The van der Waals surface area contributed by atoms with Gasteiger partial charge in [0.2, 0.25) is 0 Å². The molecular formula is C17H24O2Zr. The van der Waals surface area contributed by atoms with Crippen LogP contribution in [-0.4, -0.2) is 27.4 Å². The third kappa shape index (κ3) is 4.45. The van der Waals surface area contributed by atoms with Crippen molar-refractivity contribution in [2.24, 2.45) is 17.3 Å². The van der Waals surface area contributed by atoms with Crippen LogP contribution in [0.25, 0.3) is 0 Å². The van der Waals surface area contributed by atoms with E-state index in [-0.39, 0.29) is 31.6 Å². The summed E-state index contributed by atoms with van der Waals surface area (Å²) < 4.78 is 10.8. The van der Waals surface area contributed by atoms with E-state index < -0.39 is 0 Å². The zero-order valence-electron chi connectivity index (χ0n) is 12.5. The van der Waals surface area contributed by atoms with Gasteiger partial charge in [-0.1, -0.05) is 18.4 Å². The Morgan fingerprint density at radius 2 is 1.75 bits per heavy atom. The van der Waals surface area contributed by atoms with E-state index in [4.69, 9.17) is 9.47 Å². The molecule has 3 heteroatoms. The summed E-state index contributed by atoms with van der Waals surface area (Å²) in [5, 5.41) is 0. The minimum atomic E-state index is 0. The molecule has 2 atom stereocenters. The van der Waals surface area contributed by atoms with E-state index in [2.05, 4.69) is 37.6 Å². The number of benzene rings is 1. The van der Waals surface area contributed by atoms with Gasteiger partial charge in [-0.25, -0.2) is 0 Å². The van der Waals surface area contributed by atoms with Crippen LogP contribution in [0, 0.1) is 30.6 Å². The number of methoxy groups -OCH3 is 2. The van der Waals surface area contributed by atoms with Crippen LogP contribution in [0.3, 0.4) is 0 Å². The van der Waals surface area contributed by atoms with Gasteiger partial charge < -0.3 is 16.4 Å². The van der Waals surface area contributed by atoms with Gasteiger partial charge in [0.15, 0.2) is 0 Å². The van der Waals surface area contributed by atoms with Crippen molar-refractivity contribution < 1.29 is 35.7 Å². The van der Waals surface area contributed by atoms with Gasteiger partial charge in [-0.05, 0) is 6.42 Å². The zero-order valence-corrected chi connectivity index (χ0v) is 14.9. The molecule has 1 saturated carbocycles. The summed E-state index contributed by atoms with van der Waals surface area (Å²) in [6.45, 7) is 5.84. The standard InChI is InChI=1S/C17H24O2.Zr/c1-14-10-17(12-18-2,13-19-3)11-16(14)9-15-7-5-4-6-8-15;/h4-9,14,16H,1,10-13H2,2-3H3;/q-2;+2/t14-,16-;/m1./s1. The van der Waals surface area contributed by atoms with Gasteiger partial charge in [0, 0.05) is 19.6 Å². The SMILES string of the molecule is [CH2-][C@@H]1CC(COC)(COC)C[C@H]1[CH-]c1ccccc1.[Zr+2]. The van der Waals surface area contributed by atoms with Gasteiger partial charge in [0.1, 0.15) is 0 Å². The molecule has 2 nitrogen and oxygen atoms in total. The predicted octanol–water partition coefficient (Wildman–Crippen LogP) is 3.38. The number of hydrogen-bond acceptors (Lipinski definition) is 2. The van der Waals surface area contributed by atoms with Gasteiger partial charge in [-0.2, -0.15) is 30.0 Å². The quantitative estimate of drug-likeness (QED) is 0.732. The van der Waals surface area contributed by atoms with Crippen LogP contribution in [0.1, 0.15) is 18.4 Å². The predicted molar refractivity (Wildman–Crippen MR) is 77.6 cm³/mol. The maximum Gasteiger partial charge on any atom is 2.00 e. The van der Waals surface area contributed by atoms with Crippen LogP contribution in [0.2, 0.25) is 0 Å².